The number of anilines is 1. The Morgan fingerprint density at radius 3 is 1.88 bits per heavy atom. The van der Waals surface area contributed by atoms with E-state index in [1.165, 1.54) is 7.11 Å². The number of rotatable bonds is 40. The van der Waals surface area contributed by atoms with E-state index in [0.29, 0.717) is 50.8 Å². The molecule has 2 heterocycles. The van der Waals surface area contributed by atoms with Gasteiger partial charge in [0.1, 0.15) is 5.78 Å². The first-order valence-corrected chi connectivity index (χ1v) is 34.6. The van der Waals surface area contributed by atoms with Crippen LogP contribution < -0.4 is 21.7 Å². The molecule has 0 aromatic heterocycles. The zero-order valence-corrected chi connectivity index (χ0v) is 60.3. The summed E-state index contributed by atoms with van der Waals surface area (Å²) in [5, 5.41) is 17.8. The monoisotopic (exact) mass is 1340 g/mol. The molecular weight excluding hydrogens is 1230 g/mol. The molecule has 0 aliphatic carbocycles. The number of carboxylic acids is 1. The van der Waals surface area contributed by atoms with Crippen molar-refractivity contribution in [1.29, 1.82) is 0 Å². The normalized spacial score (nSPS) is 17.9. The van der Waals surface area contributed by atoms with E-state index < -0.39 is 89.0 Å². The fourth-order valence-corrected chi connectivity index (χ4v) is 13.9. The van der Waals surface area contributed by atoms with Crippen LogP contribution in [-0.4, -0.2) is 199 Å². The summed E-state index contributed by atoms with van der Waals surface area (Å²) < 4.78 is 12.3. The van der Waals surface area contributed by atoms with E-state index in [4.69, 9.17) is 15.2 Å². The predicted molar refractivity (Wildman–Crippen MR) is 369 cm³/mol. The number of hydrogen-bond acceptors (Lipinski definition) is 14. The number of carbonyl (C=O) groups excluding carboxylic acids is 10. The molecule has 2 fully saturated rings. The highest BCUT2D eigenvalue weighted by molar-refractivity contribution is 5.98. The number of benzene rings is 2. The highest BCUT2D eigenvalue weighted by Gasteiger charge is 2.45. The Hall–Kier alpha value is -7.11. The molecule has 96 heavy (non-hydrogen) atoms. The number of hydrogen-bond donors (Lipinski definition) is 5. The Balaban J connectivity index is 1.46. The topological polar surface area (TPSA) is 305 Å². The van der Waals surface area contributed by atoms with Crippen molar-refractivity contribution in [3.63, 3.8) is 0 Å². The van der Waals surface area contributed by atoms with Gasteiger partial charge in [-0.15, -0.1) is 0 Å². The molecule has 0 spiro atoms. The largest absolute Gasteiger partial charge is 0.481 e. The maximum Gasteiger partial charge on any atom is 0.312 e. The minimum absolute atomic E-state index is 0.0113. The van der Waals surface area contributed by atoms with Gasteiger partial charge in [0, 0.05) is 123 Å². The lowest BCUT2D eigenvalue weighted by atomic mass is 9.80. The van der Waals surface area contributed by atoms with Crippen LogP contribution in [0.4, 0.5) is 10.5 Å². The van der Waals surface area contributed by atoms with Crippen LogP contribution in [0.2, 0.25) is 0 Å². The second-order valence-corrected chi connectivity index (χ2v) is 28.5. The molecule has 0 saturated carbocycles. The maximum atomic E-state index is 14.7. The molecule has 0 radical (unpaired) electrons. The molecule has 6 N–H and O–H groups in total. The summed E-state index contributed by atoms with van der Waals surface area (Å²) >= 11 is 0. The van der Waals surface area contributed by atoms with Crippen molar-refractivity contribution in [2.45, 2.75) is 202 Å². The lowest BCUT2D eigenvalue weighted by molar-refractivity contribution is -0.153. The minimum Gasteiger partial charge on any atom is -0.481 e. The Bertz CT molecular complexity index is 2910. The van der Waals surface area contributed by atoms with Gasteiger partial charge in [0.25, 0.3) is 0 Å². The smallest absolute Gasteiger partial charge is 0.312 e. The fourth-order valence-electron chi connectivity index (χ4n) is 13.9. The zero-order valence-electron chi connectivity index (χ0n) is 60.3. The summed E-state index contributed by atoms with van der Waals surface area (Å²) in [5.41, 5.74) is 6.38. The van der Waals surface area contributed by atoms with Gasteiger partial charge in [0.2, 0.25) is 35.4 Å². The molecule has 2 aromatic carbocycles. The molecule has 11 atom stereocenters. The summed E-state index contributed by atoms with van der Waals surface area (Å²) in [6, 6.07) is 13.4. The molecule has 2 aliphatic heterocycles. The van der Waals surface area contributed by atoms with Crippen molar-refractivity contribution < 1.29 is 67.3 Å². The number of nitrogens with two attached hydrogens (primary N) is 1. The Morgan fingerprint density at radius 2 is 1.33 bits per heavy atom. The molecule has 0 unspecified atom stereocenters. The van der Waals surface area contributed by atoms with Gasteiger partial charge >= 0.3 is 12.0 Å². The first kappa shape index (κ1) is 81.3. The van der Waals surface area contributed by atoms with Crippen LogP contribution >= 0.6 is 0 Å². The van der Waals surface area contributed by atoms with E-state index >= 15 is 0 Å². The lowest BCUT2D eigenvalue weighted by Gasteiger charge is -2.41. The maximum absolute atomic E-state index is 14.7. The number of carbonyl (C=O) groups is 11. The van der Waals surface area contributed by atoms with Crippen LogP contribution in [0.3, 0.4) is 0 Å². The van der Waals surface area contributed by atoms with Gasteiger partial charge in [0.05, 0.1) is 48.2 Å². The van der Waals surface area contributed by atoms with E-state index in [1.807, 2.05) is 90.9 Å². The van der Waals surface area contributed by atoms with Crippen LogP contribution in [0.1, 0.15) is 164 Å². The summed E-state index contributed by atoms with van der Waals surface area (Å²) in [6.07, 6.45) is 1.35. The molecule has 2 saturated heterocycles. The number of carboxylic acid groups (broad SMARTS) is 1. The number of ether oxygens (including phenoxy) is 2. The van der Waals surface area contributed by atoms with Gasteiger partial charge in [-0.3, -0.25) is 52.8 Å². The molecule has 2 aliphatic rings. The summed E-state index contributed by atoms with van der Waals surface area (Å²) in [7, 11) is 10.3. The van der Waals surface area contributed by atoms with Crippen LogP contribution in [0.5, 0.6) is 0 Å². The van der Waals surface area contributed by atoms with Gasteiger partial charge in [0.15, 0.2) is 11.6 Å². The number of primary amides is 1. The first-order valence-electron chi connectivity index (χ1n) is 34.6. The highest BCUT2D eigenvalue weighted by atomic mass is 16.5. The van der Waals surface area contributed by atoms with Crippen LogP contribution in [0, 0.1) is 52.8 Å². The SMILES string of the molecule is CC[C@H](C)[C@@H]([C@@H](CC(=O)N1CCC[C@H]1[C@H](OC)[C@@H](C)C(=O)C[C@@H](Cc1ccccc1)C(=O)N(C)Cc1ccc(NC(=O)[C@H](CCCNC(N)=O)CC(=O)[C@@H](NC(=O)CCC(=O)N2CCC(C)(C(=O)O)CC2)C(C)C)cc1)OC)N(C)C(=O)[C@@H](CC(=O)[C@H](C(C)C)N(C)C)C(C)C. The Labute approximate surface area is 570 Å². The second-order valence-electron chi connectivity index (χ2n) is 28.5. The van der Waals surface area contributed by atoms with Gasteiger partial charge in [-0.05, 0) is 113 Å². The predicted octanol–water partition coefficient (Wildman–Crippen LogP) is 7.80. The van der Waals surface area contributed by atoms with Crippen molar-refractivity contribution >= 4 is 70.5 Å². The number of amides is 8. The molecule has 2 aromatic rings. The average molecular weight is 1340 g/mol. The van der Waals surface area contributed by atoms with E-state index in [2.05, 4.69) is 16.0 Å². The van der Waals surface area contributed by atoms with Crippen LogP contribution in [-0.2, 0) is 70.4 Å². The number of methoxy groups -OCH3 is 2. The molecule has 4 rings (SSSR count). The Morgan fingerprint density at radius 1 is 0.708 bits per heavy atom. The minimum atomic E-state index is -0.974. The third-order valence-corrected chi connectivity index (χ3v) is 20.0. The number of aliphatic carboxylic acids is 1. The number of piperidine rings is 1. The van der Waals surface area contributed by atoms with Gasteiger partial charge in [-0.25, -0.2) is 4.79 Å². The molecule has 23 nitrogen and oxygen atoms in total. The number of likely N-dealkylation sites (tertiary alicyclic amines) is 2. The van der Waals surface area contributed by atoms with E-state index in [9.17, 15) is 57.8 Å². The second kappa shape index (κ2) is 38.7. The number of nitrogens with zero attached hydrogens (tertiary/aromatic N) is 5. The van der Waals surface area contributed by atoms with Crippen molar-refractivity contribution in [1.82, 2.24) is 35.1 Å². The van der Waals surface area contributed by atoms with E-state index in [1.54, 1.807) is 92.8 Å². The number of urea groups is 1. The van der Waals surface area contributed by atoms with Gasteiger partial charge < -0.3 is 55.9 Å². The number of nitrogens with one attached hydrogen (secondary N) is 3. The van der Waals surface area contributed by atoms with Crippen LogP contribution in [0.15, 0.2) is 54.6 Å². The van der Waals surface area contributed by atoms with Gasteiger partial charge in [-0.2, -0.15) is 0 Å². The standard InChI is InChI=1S/C73H115N9O14/c1-17-48(8)66(80(14)70(91)55(45(2)3)42-59(85)65(47(6)7)78(11)12)60(95-15)43-63(88)82-36-22-26-56(82)67(96-16)49(9)57(83)41-53(39-50-23-19-18-20-24-50)69(90)79(13)44-51-27-29-54(30-28-51)76-68(89)52(25-21-35-75-72(74)94)40-58(84)64(46(4)5)77-61(86)31-32-62(87)81-37-33-73(10,34-38-81)71(92)93/h18-20,23-24,27-30,45-49,52-53,55-56,60,64-67H,17,21-22,25-26,31-44H2,1-16H3,(H,76,89)(H,77,86)(H,92,93)(H3,74,75,94)/t48-,49-,52+,53+,55-,56-,60+,64-,65-,66-,67+/m0/s1. The highest BCUT2D eigenvalue weighted by Crippen LogP contribution is 2.34. The van der Waals surface area contributed by atoms with Crippen molar-refractivity contribution in [3.8, 4) is 0 Å². The van der Waals surface area contributed by atoms with Gasteiger partial charge in [-0.1, -0.05) is 111 Å². The van der Waals surface area contributed by atoms with Crippen molar-refractivity contribution in [2.24, 2.45) is 58.5 Å². The summed E-state index contributed by atoms with van der Waals surface area (Å²) in [6.45, 7) is 20.2. The van der Waals surface area contributed by atoms with E-state index in [0.717, 1.165) is 11.1 Å². The molecule has 0 bridgehead atoms. The van der Waals surface area contributed by atoms with E-state index in [-0.39, 0.29) is 142 Å². The lowest BCUT2D eigenvalue weighted by Crippen LogP contribution is -2.54. The summed E-state index contributed by atoms with van der Waals surface area (Å²) in [4.78, 5) is 158. The zero-order chi connectivity index (χ0) is 71.9. The molecule has 23 heteroatoms. The third kappa shape index (κ3) is 23.6. The third-order valence-electron chi connectivity index (χ3n) is 20.0. The molecule has 8 amide bonds. The van der Waals surface area contributed by atoms with Crippen LogP contribution in [0.25, 0.3) is 0 Å². The molecule has 536 valence electrons. The first-order chi connectivity index (χ1) is 45.2. The van der Waals surface area contributed by atoms with Crippen molar-refractivity contribution in [3.05, 3.63) is 65.7 Å². The molecular formula is C73H115N9O14. The quantitative estimate of drug-likeness (QED) is 0.0398. The Kier molecular flexibility index (Phi) is 32.8. The summed E-state index contributed by atoms with van der Waals surface area (Å²) in [5.74, 6) is -6.83. The number of ketones is 3. The average Bonchev–Trinajstić information content (AvgIpc) is 1.77. The van der Waals surface area contributed by atoms with Crippen molar-refractivity contribution in [2.75, 3.05) is 73.9 Å². The fraction of sp³-hybridized carbons (Fsp3) is 0.685. The number of likely N-dealkylation sites (N-methyl/N-ethyl adjacent to an activating group) is 2. The number of Topliss-reactive ketones (excluding diaryl/α,β-unsaturated/α-hetero) is 3.